The van der Waals surface area contributed by atoms with Gasteiger partial charge in [0.05, 0.1) is 18.0 Å². The van der Waals surface area contributed by atoms with Crippen LogP contribution in [0.5, 0.6) is 0 Å². The van der Waals surface area contributed by atoms with Crippen LogP contribution in [-0.2, 0) is 21.1 Å². The van der Waals surface area contributed by atoms with Crippen molar-refractivity contribution in [3.05, 3.63) is 42.2 Å². The lowest BCUT2D eigenvalue weighted by molar-refractivity contribution is -0.131. The maximum atomic E-state index is 13.8. The molecule has 1 amide bonds. The normalized spacial score (nSPS) is 16.8. The number of hydrogen-bond donors (Lipinski definition) is 0. The van der Waals surface area contributed by atoms with Gasteiger partial charge in [0.15, 0.2) is 15.7 Å². The molecule has 0 radical (unpaired) electrons. The van der Waals surface area contributed by atoms with Crippen molar-refractivity contribution in [3.63, 3.8) is 0 Å². The number of rotatable bonds is 5. The van der Waals surface area contributed by atoms with Crippen LogP contribution in [0.1, 0.15) is 25.0 Å². The fourth-order valence-corrected chi connectivity index (χ4v) is 4.82. The van der Waals surface area contributed by atoms with E-state index in [1.54, 1.807) is 4.90 Å². The number of halogens is 1. The highest BCUT2D eigenvalue weighted by Crippen LogP contribution is 2.26. The lowest BCUT2D eigenvalue weighted by Crippen LogP contribution is -2.40. The molecule has 9 nitrogen and oxygen atoms in total. The lowest BCUT2D eigenvalue weighted by atomic mass is 9.93. The molecule has 0 N–H and O–H groups in total. The predicted molar refractivity (Wildman–Crippen MR) is 113 cm³/mol. The predicted octanol–water partition coefficient (Wildman–Crippen LogP) is 2.03. The second-order valence-electron chi connectivity index (χ2n) is 7.88. The Bertz CT molecular complexity index is 1330. The molecular weight excluding hydrogens is 435 g/mol. The number of hydrogen-bond acceptors (Lipinski definition) is 7. The number of likely N-dealkylation sites (tertiary alicyclic amines) is 1. The van der Waals surface area contributed by atoms with E-state index in [1.807, 2.05) is 6.07 Å². The lowest BCUT2D eigenvalue weighted by Gasteiger charge is -2.32. The first kappa shape index (κ1) is 21.8. The van der Waals surface area contributed by atoms with Crippen molar-refractivity contribution in [2.45, 2.75) is 30.6 Å². The molecule has 0 aliphatic carbocycles. The van der Waals surface area contributed by atoms with E-state index >= 15 is 0 Å². The number of nitriles is 1. The van der Waals surface area contributed by atoms with Crippen molar-refractivity contribution < 1.29 is 17.6 Å². The van der Waals surface area contributed by atoms with Crippen molar-refractivity contribution in [2.24, 2.45) is 5.92 Å². The summed E-state index contributed by atoms with van der Waals surface area (Å²) in [6, 6.07) is 4.70. The van der Waals surface area contributed by atoms with E-state index in [1.165, 1.54) is 35.1 Å². The number of sulfone groups is 1. The van der Waals surface area contributed by atoms with Crippen LogP contribution in [0.3, 0.4) is 0 Å². The van der Waals surface area contributed by atoms with Gasteiger partial charge in [-0.2, -0.15) is 5.26 Å². The zero-order chi connectivity index (χ0) is 22.9. The molecule has 3 aromatic heterocycles. The van der Waals surface area contributed by atoms with Gasteiger partial charge in [-0.3, -0.25) is 9.20 Å². The Morgan fingerprint density at radius 3 is 2.88 bits per heavy atom. The van der Waals surface area contributed by atoms with E-state index in [-0.39, 0.29) is 29.0 Å². The van der Waals surface area contributed by atoms with Gasteiger partial charge in [0.1, 0.15) is 28.5 Å². The molecule has 0 bridgehead atoms. The fourth-order valence-electron chi connectivity index (χ4n) is 4.02. The van der Waals surface area contributed by atoms with Gasteiger partial charge in [0.25, 0.3) is 0 Å². The van der Waals surface area contributed by atoms with Crippen LogP contribution in [0.2, 0.25) is 0 Å². The molecular formula is C21H21FN6O3S. The molecule has 1 aliphatic rings. The van der Waals surface area contributed by atoms with Crippen molar-refractivity contribution in [1.82, 2.24) is 24.3 Å². The van der Waals surface area contributed by atoms with Gasteiger partial charge < -0.3 is 4.90 Å². The average Bonchev–Trinajstić information content (AvgIpc) is 3.16. The molecule has 1 fully saturated rings. The summed E-state index contributed by atoms with van der Waals surface area (Å²) in [6.07, 6.45) is 6.88. The molecule has 0 saturated carbocycles. The van der Waals surface area contributed by atoms with Crippen LogP contribution >= 0.6 is 0 Å². The van der Waals surface area contributed by atoms with Crippen LogP contribution in [0, 0.1) is 23.1 Å². The first-order chi connectivity index (χ1) is 15.3. The number of imidazole rings is 1. The minimum absolute atomic E-state index is 0.00530. The van der Waals surface area contributed by atoms with Gasteiger partial charge in [-0.15, -0.1) is 0 Å². The number of fused-ring (bicyclic) bond motifs is 1. The molecule has 1 atom stereocenters. The van der Waals surface area contributed by atoms with Crippen molar-refractivity contribution in [1.29, 1.82) is 5.26 Å². The Balaban J connectivity index is 1.69. The molecule has 1 saturated heterocycles. The van der Waals surface area contributed by atoms with Crippen LogP contribution in [-0.4, -0.2) is 57.9 Å². The highest BCUT2D eigenvalue weighted by Gasteiger charge is 2.27. The smallest absolute Gasteiger partial charge is 0.236 e. The van der Waals surface area contributed by atoms with E-state index < -0.39 is 15.7 Å². The Hall–Kier alpha value is -3.39. The second-order valence-corrected chi connectivity index (χ2v) is 9.87. The van der Waals surface area contributed by atoms with Crippen LogP contribution < -0.4 is 0 Å². The standard InChI is InChI=1S/C21H21FN6O3S/c1-32(30,31)18-11-25-21(17-10-24-19-5-4-15(22)13-28(17)19)26-16(18)9-14-3-2-8-27(12-14)20(29)6-7-23/h4-5,10-11,13-14H,2-3,6,8-9,12H2,1H3/t14-/m0/s1. The van der Waals surface area contributed by atoms with E-state index in [0.29, 0.717) is 36.5 Å². The summed E-state index contributed by atoms with van der Waals surface area (Å²) in [5.41, 5.74) is 1.30. The minimum Gasteiger partial charge on any atom is -0.342 e. The molecule has 32 heavy (non-hydrogen) atoms. The SMILES string of the molecule is CS(=O)(=O)c1cnc(-c2cnc3ccc(F)cn23)nc1C[C@@H]1CCCN(C(=O)CC#N)C1. The Kier molecular flexibility index (Phi) is 5.88. The quantitative estimate of drug-likeness (QED) is 0.576. The molecule has 0 aromatic carbocycles. The van der Waals surface area contributed by atoms with Crippen LogP contribution in [0.4, 0.5) is 4.39 Å². The molecule has 1 aliphatic heterocycles. The van der Waals surface area contributed by atoms with E-state index in [0.717, 1.165) is 19.1 Å². The summed E-state index contributed by atoms with van der Waals surface area (Å²) >= 11 is 0. The van der Waals surface area contributed by atoms with Crippen molar-refractivity contribution >= 4 is 21.4 Å². The summed E-state index contributed by atoms with van der Waals surface area (Å²) in [4.78, 5) is 26.8. The number of piperidine rings is 1. The number of nitrogens with zero attached hydrogens (tertiary/aromatic N) is 6. The Morgan fingerprint density at radius 1 is 1.31 bits per heavy atom. The minimum atomic E-state index is -3.59. The van der Waals surface area contributed by atoms with Crippen LogP contribution in [0.25, 0.3) is 17.2 Å². The Morgan fingerprint density at radius 2 is 2.12 bits per heavy atom. The highest BCUT2D eigenvalue weighted by molar-refractivity contribution is 7.90. The second kappa shape index (κ2) is 8.63. The molecule has 4 rings (SSSR count). The number of carbonyl (C=O) groups excluding carboxylic acids is 1. The largest absolute Gasteiger partial charge is 0.342 e. The maximum absolute atomic E-state index is 13.8. The van der Waals surface area contributed by atoms with E-state index in [9.17, 15) is 17.6 Å². The van der Waals surface area contributed by atoms with Crippen molar-refractivity contribution in [3.8, 4) is 17.6 Å². The summed E-state index contributed by atoms with van der Waals surface area (Å²) < 4.78 is 40.0. The van der Waals surface area contributed by atoms with Crippen LogP contribution in [0.15, 0.2) is 35.6 Å². The van der Waals surface area contributed by atoms with Gasteiger partial charge in [-0.1, -0.05) is 0 Å². The average molecular weight is 457 g/mol. The molecule has 0 spiro atoms. The van der Waals surface area contributed by atoms with Gasteiger partial charge in [-0.25, -0.2) is 27.8 Å². The summed E-state index contributed by atoms with van der Waals surface area (Å²) in [5.74, 6) is -0.446. The summed E-state index contributed by atoms with van der Waals surface area (Å²) in [7, 11) is -3.59. The van der Waals surface area contributed by atoms with Crippen molar-refractivity contribution in [2.75, 3.05) is 19.3 Å². The third-order valence-corrected chi connectivity index (χ3v) is 6.65. The summed E-state index contributed by atoms with van der Waals surface area (Å²) in [5, 5.41) is 8.80. The maximum Gasteiger partial charge on any atom is 0.236 e. The molecule has 0 unspecified atom stereocenters. The van der Waals surface area contributed by atoms with E-state index in [4.69, 9.17) is 5.26 Å². The zero-order valence-corrected chi connectivity index (χ0v) is 18.2. The zero-order valence-electron chi connectivity index (χ0n) is 17.4. The highest BCUT2D eigenvalue weighted by atomic mass is 32.2. The number of aromatic nitrogens is 4. The topological polar surface area (TPSA) is 121 Å². The molecule has 4 heterocycles. The van der Waals surface area contributed by atoms with Gasteiger partial charge in [0, 0.05) is 31.7 Å². The number of amides is 1. The van der Waals surface area contributed by atoms with Gasteiger partial charge in [-0.05, 0) is 37.3 Å². The van der Waals surface area contributed by atoms with E-state index in [2.05, 4.69) is 15.0 Å². The first-order valence-corrected chi connectivity index (χ1v) is 12.0. The number of carbonyl (C=O) groups is 1. The monoisotopic (exact) mass is 456 g/mol. The first-order valence-electron chi connectivity index (χ1n) is 10.1. The third-order valence-electron chi connectivity index (χ3n) is 5.51. The Labute approximate surface area is 184 Å². The fraction of sp³-hybridized carbons (Fsp3) is 0.381. The molecule has 166 valence electrons. The molecule has 11 heteroatoms. The van der Waals surface area contributed by atoms with Gasteiger partial charge >= 0.3 is 0 Å². The summed E-state index contributed by atoms with van der Waals surface area (Å²) in [6.45, 7) is 1.02. The number of pyridine rings is 1. The third kappa shape index (κ3) is 4.45. The molecule has 3 aromatic rings. The van der Waals surface area contributed by atoms with Gasteiger partial charge in [0.2, 0.25) is 5.91 Å².